The predicted molar refractivity (Wildman–Crippen MR) is 126 cm³/mol. The highest BCUT2D eigenvalue weighted by Crippen LogP contribution is 2.50. The zero-order valence-corrected chi connectivity index (χ0v) is 19.2. The molecule has 8 heteroatoms. The number of allylic oxidation sites excluding steroid dienone is 1. The summed E-state index contributed by atoms with van der Waals surface area (Å²) in [5.41, 5.74) is 2.68. The van der Waals surface area contributed by atoms with Crippen molar-refractivity contribution in [2.75, 3.05) is 4.90 Å². The number of hydrogen-bond donors (Lipinski definition) is 0. The van der Waals surface area contributed by atoms with Crippen LogP contribution < -0.4 is 4.90 Å². The van der Waals surface area contributed by atoms with Gasteiger partial charge in [0.15, 0.2) is 5.78 Å². The van der Waals surface area contributed by atoms with E-state index >= 15 is 0 Å². The van der Waals surface area contributed by atoms with Crippen LogP contribution >= 0.6 is 0 Å². The minimum Gasteiger partial charge on any atom is -0.352 e. The van der Waals surface area contributed by atoms with Crippen molar-refractivity contribution in [3.63, 3.8) is 0 Å². The van der Waals surface area contributed by atoms with Crippen molar-refractivity contribution in [2.24, 2.45) is 11.8 Å². The maximum atomic E-state index is 13.9. The van der Waals surface area contributed by atoms with Crippen molar-refractivity contribution in [3.05, 3.63) is 75.8 Å². The molecule has 0 radical (unpaired) electrons. The molecule has 2 saturated heterocycles. The number of nitro groups is 1. The van der Waals surface area contributed by atoms with Crippen LogP contribution in [0.3, 0.4) is 0 Å². The fraction of sp³-hybridized carbons (Fsp3) is 0.346. The first-order valence-electron chi connectivity index (χ1n) is 11.5. The molecule has 34 heavy (non-hydrogen) atoms. The molecule has 0 unspecified atom stereocenters. The number of amides is 2. The Balaban J connectivity index is 1.68. The highest BCUT2D eigenvalue weighted by Gasteiger charge is 2.64. The maximum absolute atomic E-state index is 13.9. The summed E-state index contributed by atoms with van der Waals surface area (Å²) in [6, 6.07) is 11.5. The minimum absolute atomic E-state index is 0.157. The number of Topliss-reactive ketones (excluding diaryl/α,β-unsaturated/α-hetero) is 1. The van der Waals surface area contributed by atoms with E-state index in [0.717, 1.165) is 16.8 Å². The van der Waals surface area contributed by atoms with Crippen LogP contribution in [0.25, 0.3) is 5.57 Å². The molecule has 2 amide bonds. The van der Waals surface area contributed by atoms with Gasteiger partial charge in [0.1, 0.15) is 6.04 Å². The molecule has 174 valence electrons. The summed E-state index contributed by atoms with van der Waals surface area (Å²) < 4.78 is 0. The number of nitro benzene ring substituents is 1. The number of nitrogens with zero attached hydrogens (tertiary/aromatic N) is 3. The maximum Gasteiger partial charge on any atom is 0.270 e. The van der Waals surface area contributed by atoms with Crippen LogP contribution in [0.2, 0.25) is 0 Å². The molecule has 0 aromatic heterocycles. The molecule has 5 atom stereocenters. The van der Waals surface area contributed by atoms with Crippen LogP contribution in [0.5, 0.6) is 0 Å². The van der Waals surface area contributed by atoms with Crippen molar-refractivity contribution in [1.82, 2.24) is 4.90 Å². The van der Waals surface area contributed by atoms with Gasteiger partial charge in [0.05, 0.1) is 22.8 Å². The lowest BCUT2D eigenvalue weighted by molar-refractivity contribution is -0.384. The summed E-state index contributed by atoms with van der Waals surface area (Å²) >= 11 is 0. The zero-order valence-electron chi connectivity index (χ0n) is 19.2. The molecule has 0 spiro atoms. The molecule has 0 N–H and O–H groups in total. The van der Waals surface area contributed by atoms with Gasteiger partial charge in [-0.05, 0) is 31.9 Å². The van der Waals surface area contributed by atoms with E-state index in [1.165, 1.54) is 29.2 Å². The van der Waals surface area contributed by atoms with Crippen LogP contribution in [0.1, 0.15) is 43.1 Å². The number of hydrogen-bond acceptors (Lipinski definition) is 6. The molecular formula is C26H25N3O5. The Morgan fingerprint density at radius 3 is 2.50 bits per heavy atom. The number of fused-ring (bicyclic) bond motifs is 5. The van der Waals surface area contributed by atoms with Gasteiger partial charge in [0.2, 0.25) is 11.8 Å². The third-order valence-corrected chi connectivity index (χ3v) is 7.43. The number of rotatable bonds is 5. The van der Waals surface area contributed by atoms with Gasteiger partial charge in [0, 0.05) is 35.0 Å². The van der Waals surface area contributed by atoms with Gasteiger partial charge in [-0.1, -0.05) is 43.3 Å². The van der Waals surface area contributed by atoms with Gasteiger partial charge < -0.3 is 4.90 Å². The Labute approximate surface area is 197 Å². The second-order valence-electron chi connectivity index (χ2n) is 9.24. The van der Waals surface area contributed by atoms with Crippen molar-refractivity contribution < 1.29 is 19.3 Å². The highest BCUT2D eigenvalue weighted by atomic mass is 16.6. The standard InChI is InChI=1S/C26H25N3O5/c1-4-15(3)27-25(31)21-20-12-14(2)18-10-5-6-11-19(18)28(20)23(22(21)26(27)32)24(30)16-8-7-9-17(13-16)29(33)34/h5-13,15,20-23H,4H2,1-3H3/t15-,20+,21+,22+,23+/m0/s1. The predicted octanol–water partition coefficient (Wildman–Crippen LogP) is 3.85. The second kappa shape index (κ2) is 7.90. The van der Waals surface area contributed by atoms with Crippen LogP contribution in [-0.2, 0) is 9.59 Å². The van der Waals surface area contributed by atoms with E-state index in [4.69, 9.17) is 0 Å². The average Bonchev–Trinajstić information content (AvgIpc) is 3.31. The SMILES string of the molecule is CC[C@H](C)N1C(=O)[C@@H]2[C@H](C1=O)[C@H]1C=C(C)c3ccccc3N1[C@H]2C(=O)c1cccc([N+](=O)[O-])c1. The topological polar surface area (TPSA) is 101 Å². The average molecular weight is 460 g/mol. The van der Waals surface area contributed by atoms with Crippen molar-refractivity contribution >= 4 is 34.5 Å². The zero-order chi connectivity index (χ0) is 24.3. The van der Waals surface area contributed by atoms with E-state index in [2.05, 4.69) is 0 Å². The van der Waals surface area contributed by atoms with E-state index in [1.54, 1.807) is 0 Å². The molecule has 3 heterocycles. The second-order valence-corrected chi connectivity index (χ2v) is 9.24. The molecule has 3 aliphatic heterocycles. The van der Waals surface area contributed by atoms with E-state index in [1.807, 2.05) is 56.0 Å². The van der Waals surface area contributed by atoms with Crippen molar-refractivity contribution in [3.8, 4) is 0 Å². The van der Waals surface area contributed by atoms with Gasteiger partial charge in [-0.2, -0.15) is 0 Å². The molecule has 0 bridgehead atoms. The summed E-state index contributed by atoms with van der Waals surface area (Å²) in [7, 11) is 0. The largest absolute Gasteiger partial charge is 0.352 e. The van der Waals surface area contributed by atoms with Gasteiger partial charge in [0.25, 0.3) is 5.69 Å². The van der Waals surface area contributed by atoms with Crippen molar-refractivity contribution in [1.29, 1.82) is 0 Å². The number of non-ortho nitro benzene ring substituents is 1. The summed E-state index contributed by atoms with van der Waals surface area (Å²) in [4.78, 5) is 55.2. The Hall–Kier alpha value is -3.81. The Morgan fingerprint density at radius 1 is 1.09 bits per heavy atom. The minimum atomic E-state index is -0.937. The molecule has 0 saturated carbocycles. The van der Waals surface area contributed by atoms with Crippen LogP contribution in [0.15, 0.2) is 54.6 Å². The first kappa shape index (κ1) is 22.0. The third kappa shape index (κ3) is 3.01. The van der Waals surface area contributed by atoms with E-state index in [9.17, 15) is 24.5 Å². The number of carbonyl (C=O) groups excluding carboxylic acids is 3. The first-order valence-corrected chi connectivity index (χ1v) is 11.5. The summed E-state index contributed by atoms with van der Waals surface area (Å²) in [5, 5.41) is 11.3. The van der Waals surface area contributed by atoms with Gasteiger partial charge in [-0.25, -0.2) is 0 Å². The van der Waals surface area contributed by atoms with Crippen LogP contribution in [-0.4, -0.2) is 45.5 Å². The fourth-order valence-corrected chi connectivity index (χ4v) is 5.68. The molecule has 2 fully saturated rings. The van der Waals surface area contributed by atoms with Crippen LogP contribution in [0, 0.1) is 22.0 Å². The number of ketones is 1. The first-order chi connectivity index (χ1) is 16.3. The molecule has 5 rings (SSSR count). The number of imide groups is 1. The van der Waals surface area contributed by atoms with Gasteiger partial charge in [-0.15, -0.1) is 0 Å². The van der Waals surface area contributed by atoms with Crippen molar-refractivity contribution in [2.45, 2.75) is 45.3 Å². The summed E-state index contributed by atoms with van der Waals surface area (Å²) in [6.45, 7) is 5.72. The lowest BCUT2D eigenvalue weighted by atomic mass is 9.85. The molecule has 2 aromatic rings. The molecule has 2 aromatic carbocycles. The Morgan fingerprint density at radius 2 is 1.79 bits per heavy atom. The Kier molecular flexibility index (Phi) is 5.11. The highest BCUT2D eigenvalue weighted by molar-refractivity contribution is 6.14. The quantitative estimate of drug-likeness (QED) is 0.291. The van der Waals surface area contributed by atoms with E-state index in [0.29, 0.717) is 6.42 Å². The molecule has 8 nitrogen and oxygen atoms in total. The number of carbonyl (C=O) groups is 3. The third-order valence-electron chi connectivity index (χ3n) is 7.43. The number of benzene rings is 2. The van der Waals surface area contributed by atoms with Gasteiger partial charge in [-0.3, -0.25) is 29.4 Å². The lowest BCUT2D eigenvalue weighted by Crippen LogP contribution is -2.50. The van der Waals surface area contributed by atoms with E-state index in [-0.39, 0.29) is 29.1 Å². The monoisotopic (exact) mass is 459 g/mol. The summed E-state index contributed by atoms with van der Waals surface area (Å²) in [5.74, 6) is -2.52. The normalized spacial score (nSPS) is 26.0. The summed E-state index contributed by atoms with van der Waals surface area (Å²) in [6.07, 6.45) is 2.60. The van der Waals surface area contributed by atoms with E-state index < -0.39 is 34.6 Å². The number of para-hydroxylation sites is 1. The Bertz CT molecular complexity index is 1270. The van der Waals surface area contributed by atoms with Gasteiger partial charge >= 0.3 is 0 Å². The molecular weight excluding hydrogens is 434 g/mol. The van der Waals surface area contributed by atoms with Crippen LogP contribution in [0.4, 0.5) is 11.4 Å². The molecule has 3 aliphatic rings. The number of likely N-dealkylation sites (tertiary alicyclic amines) is 1. The lowest BCUT2D eigenvalue weighted by Gasteiger charge is -2.38. The fourth-order valence-electron chi connectivity index (χ4n) is 5.68. The smallest absolute Gasteiger partial charge is 0.270 e. The number of anilines is 1. The molecule has 0 aliphatic carbocycles.